The zero-order valence-corrected chi connectivity index (χ0v) is 42.8. The summed E-state index contributed by atoms with van der Waals surface area (Å²) in [5.74, 6) is 4.56. The van der Waals surface area contributed by atoms with Gasteiger partial charge in [-0.1, -0.05) is 61.5 Å². The smallest absolute Gasteiger partial charge is 0.343 e. The maximum absolute atomic E-state index is 14.6. The number of carbonyl (C=O) groups excluding carboxylic acids is 4. The van der Waals surface area contributed by atoms with E-state index in [-0.39, 0.29) is 44.5 Å². The van der Waals surface area contributed by atoms with Crippen molar-refractivity contribution >= 4 is 74.2 Å². The maximum atomic E-state index is 14.6. The van der Waals surface area contributed by atoms with Gasteiger partial charge in [-0.25, -0.2) is 28.6 Å². The van der Waals surface area contributed by atoms with Crippen LogP contribution in [0.4, 0.5) is 10.1 Å². The summed E-state index contributed by atoms with van der Waals surface area (Å²) in [6, 6.07) is 33.3. The molecule has 0 aliphatic carbocycles. The van der Waals surface area contributed by atoms with Crippen LogP contribution in [0.5, 0.6) is 23.0 Å². The zero-order valence-electron chi connectivity index (χ0n) is 42.0. The standard InChI is InChI=1S/C61H56FN3O10S/c1-4-55(66)72-36-16-8-6-14-34-70-50-30-25-45(26-31-50)60(68)74-53-40-48(41-63-65-49-29-24-43-18-10-11-20-47(43)39-49)58(59-57(53)64-54(76-59)21-13-12-19-44-23-22-42(3)38-52(44)62)75-61(69)46-27-32-51(33-28-46)71-35-15-7-9-17-37-73-56(67)5-2/h4-5,10-12,18-20,22-33,38-41,65H,1-2,6-9,14-17,34-37H2,3H3/b19-12+,63-41+. The average molecular weight is 1040 g/mol. The van der Waals surface area contributed by atoms with Crippen molar-refractivity contribution in [1.29, 1.82) is 0 Å². The molecule has 7 aromatic rings. The van der Waals surface area contributed by atoms with Crippen LogP contribution >= 0.6 is 11.3 Å². The van der Waals surface area contributed by atoms with Crippen LogP contribution in [0.3, 0.4) is 0 Å². The number of hydrazone groups is 1. The number of rotatable bonds is 26. The van der Waals surface area contributed by atoms with E-state index in [9.17, 15) is 23.6 Å². The Morgan fingerprint density at radius 2 is 1.26 bits per heavy atom. The molecule has 1 N–H and O–H groups in total. The first kappa shape index (κ1) is 54.9. The molecule has 0 aliphatic rings. The van der Waals surface area contributed by atoms with Gasteiger partial charge in [0, 0.05) is 23.3 Å². The topological polar surface area (TPSA) is 161 Å². The van der Waals surface area contributed by atoms with Crippen molar-refractivity contribution in [2.24, 2.45) is 5.10 Å². The van der Waals surface area contributed by atoms with Gasteiger partial charge in [0.2, 0.25) is 0 Å². The molecule has 0 saturated carbocycles. The summed E-state index contributed by atoms with van der Waals surface area (Å²) in [6.45, 7) is 10.2. The number of anilines is 1. The molecule has 0 fully saturated rings. The van der Waals surface area contributed by atoms with Crippen molar-refractivity contribution in [2.45, 2.75) is 58.3 Å². The predicted octanol–water partition coefficient (Wildman–Crippen LogP) is 13.2. The molecule has 0 radical (unpaired) electrons. The van der Waals surface area contributed by atoms with E-state index in [0.717, 1.165) is 91.2 Å². The van der Waals surface area contributed by atoms with Crippen LogP contribution in [-0.2, 0) is 19.1 Å². The third-order valence-electron chi connectivity index (χ3n) is 11.5. The van der Waals surface area contributed by atoms with Gasteiger partial charge in [0.25, 0.3) is 0 Å². The lowest BCUT2D eigenvalue weighted by molar-refractivity contribution is -0.138. The minimum Gasteiger partial charge on any atom is -0.494 e. The largest absolute Gasteiger partial charge is 0.494 e. The molecule has 388 valence electrons. The minimum absolute atomic E-state index is 0.0470. The van der Waals surface area contributed by atoms with Crippen LogP contribution in [0.2, 0.25) is 0 Å². The molecule has 1 heterocycles. The molecule has 0 atom stereocenters. The predicted molar refractivity (Wildman–Crippen MR) is 295 cm³/mol. The number of hydrogen-bond donors (Lipinski definition) is 1. The Hall–Kier alpha value is -8.87. The van der Waals surface area contributed by atoms with Crippen LogP contribution in [-0.4, -0.2) is 61.5 Å². The Kier molecular flexibility index (Phi) is 20.6. The molecule has 15 heteroatoms. The minimum atomic E-state index is -0.690. The van der Waals surface area contributed by atoms with E-state index in [0.29, 0.717) is 53.9 Å². The molecule has 7 rings (SSSR count). The van der Waals surface area contributed by atoms with Crippen LogP contribution < -0.4 is 24.4 Å². The number of fused-ring (bicyclic) bond motifs is 2. The van der Waals surface area contributed by atoms with Crippen molar-refractivity contribution < 1.29 is 52.0 Å². The lowest BCUT2D eigenvalue weighted by atomic mass is 10.1. The molecule has 0 aliphatic heterocycles. The Balaban J connectivity index is 1.13. The number of hydrogen-bond acceptors (Lipinski definition) is 14. The summed E-state index contributed by atoms with van der Waals surface area (Å²) in [4.78, 5) is 55.2. The third kappa shape index (κ3) is 16.6. The van der Waals surface area contributed by atoms with E-state index < -0.39 is 23.9 Å². The number of benzene rings is 6. The quantitative estimate of drug-likeness (QED) is 0.0104. The van der Waals surface area contributed by atoms with E-state index in [1.807, 2.05) is 42.5 Å². The normalized spacial score (nSPS) is 11.0. The SMILES string of the molecule is C=CC(=O)OCCCCCCOc1ccc(C(=O)Oc2cc(/C=N/Nc3ccc4ccccc4c3)c(OC(=O)c3ccc(OCCCCCCOC(=O)C=C)cc3)c3sc(C#C/C=C/c4ccc(C)cc4F)nc23)cc1. The molecule has 0 bridgehead atoms. The number of carbonyl (C=O) groups is 4. The van der Waals surface area contributed by atoms with Gasteiger partial charge in [-0.15, -0.1) is 11.3 Å². The van der Waals surface area contributed by atoms with Crippen LogP contribution in [0.25, 0.3) is 27.1 Å². The summed E-state index contributed by atoms with van der Waals surface area (Å²) >= 11 is 1.11. The molecule has 6 aromatic carbocycles. The first-order valence-corrected chi connectivity index (χ1v) is 25.6. The van der Waals surface area contributed by atoms with Crippen molar-refractivity contribution in [3.05, 3.63) is 185 Å². The van der Waals surface area contributed by atoms with Crippen LogP contribution in [0.15, 0.2) is 152 Å². The second-order valence-corrected chi connectivity index (χ2v) is 18.1. The number of ether oxygens (including phenoxy) is 6. The highest BCUT2D eigenvalue weighted by Crippen LogP contribution is 2.41. The van der Waals surface area contributed by atoms with Crippen molar-refractivity contribution in [3.63, 3.8) is 0 Å². The van der Waals surface area contributed by atoms with Gasteiger partial charge in [-0.3, -0.25) is 5.43 Å². The molecular formula is C61H56FN3O10S. The number of unbranched alkanes of at least 4 members (excludes halogenated alkanes) is 6. The monoisotopic (exact) mass is 1040 g/mol. The first-order valence-electron chi connectivity index (χ1n) is 24.7. The summed E-state index contributed by atoms with van der Waals surface area (Å²) in [7, 11) is 0. The molecule has 0 saturated heterocycles. The molecule has 1 aromatic heterocycles. The lowest BCUT2D eigenvalue weighted by Crippen LogP contribution is -2.12. The second kappa shape index (κ2) is 28.5. The van der Waals surface area contributed by atoms with E-state index in [1.54, 1.807) is 73.7 Å². The molecule has 0 unspecified atom stereocenters. The lowest BCUT2D eigenvalue weighted by Gasteiger charge is -2.13. The molecular weight excluding hydrogens is 986 g/mol. The number of nitrogens with one attached hydrogen (secondary N) is 1. The van der Waals surface area contributed by atoms with Gasteiger partial charge in [0.1, 0.15) is 27.5 Å². The Morgan fingerprint density at radius 1 is 0.671 bits per heavy atom. The summed E-state index contributed by atoms with van der Waals surface area (Å²) < 4.78 is 49.2. The van der Waals surface area contributed by atoms with Crippen molar-refractivity contribution in [1.82, 2.24) is 4.98 Å². The Labute approximate surface area is 444 Å². The number of thiazole rings is 1. The highest BCUT2D eigenvalue weighted by Gasteiger charge is 2.24. The fraction of sp³-hybridized carbons (Fsp3) is 0.213. The van der Waals surface area contributed by atoms with Crippen LogP contribution in [0, 0.1) is 24.6 Å². The number of esters is 4. The number of halogens is 1. The van der Waals surface area contributed by atoms with Crippen molar-refractivity contribution in [3.8, 4) is 34.8 Å². The maximum Gasteiger partial charge on any atom is 0.343 e. The third-order valence-corrected chi connectivity index (χ3v) is 12.4. The summed E-state index contributed by atoms with van der Waals surface area (Å²) in [6.07, 6.45) is 13.4. The van der Waals surface area contributed by atoms with Crippen LogP contribution in [0.1, 0.15) is 93.8 Å². The van der Waals surface area contributed by atoms with Gasteiger partial charge < -0.3 is 28.4 Å². The number of nitrogens with zero attached hydrogens (tertiary/aromatic N) is 2. The Morgan fingerprint density at radius 3 is 1.87 bits per heavy atom. The summed E-state index contributed by atoms with van der Waals surface area (Å²) in [5.41, 5.74) is 5.85. The molecule has 13 nitrogen and oxygen atoms in total. The number of aryl methyl sites for hydroxylation is 1. The van der Waals surface area contributed by atoms with E-state index in [4.69, 9.17) is 33.4 Å². The van der Waals surface area contributed by atoms with Gasteiger partial charge in [-0.05, 0) is 165 Å². The highest BCUT2D eigenvalue weighted by molar-refractivity contribution is 7.19. The van der Waals surface area contributed by atoms with Crippen molar-refractivity contribution in [2.75, 3.05) is 31.9 Å². The summed E-state index contributed by atoms with van der Waals surface area (Å²) in [5, 5.41) is 6.88. The van der Waals surface area contributed by atoms with Gasteiger partial charge >= 0.3 is 23.9 Å². The first-order chi connectivity index (χ1) is 37.1. The second-order valence-electron chi connectivity index (χ2n) is 17.1. The van der Waals surface area contributed by atoms with E-state index in [1.165, 1.54) is 24.4 Å². The Bertz CT molecular complexity index is 3300. The number of allylic oxidation sites excluding steroid dienone is 1. The molecule has 76 heavy (non-hydrogen) atoms. The molecule has 0 amide bonds. The average Bonchev–Trinajstić information content (AvgIpc) is 3.88. The van der Waals surface area contributed by atoms with Gasteiger partial charge in [-0.2, -0.15) is 5.10 Å². The molecule has 0 spiro atoms. The fourth-order valence-electron chi connectivity index (χ4n) is 7.46. The van der Waals surface area contributed by atoms with Gasteiger partial charge in [0.15, 0.2) is 16.5 Å². The van der Waals surface area contributed by atoms with E-state index >= 15 is 0 Å². The number of aromatic nitrogens is 1. The fourth-order valence-corrected chi connectivity index (χ4v) is 8.40. The zero-order chi connectivity index (χ0) is 53.5. The van der Waals surface area contributed by atoms with E-state index in [2.05, 4.69) is 35.5 Å². The van der Waals surface area contributed by atoms with Gasteiger partial charge in [0.05, 0.1) is 49.5 Å². The highest BCUT2D eigenvalue weighted by atomic mass is 32.1.